The lowest BCUT2D eigenvalue weighted by atomic mass is 10.1. The summed E-state index contributed by atoms with van der Waals surface area (Å²) < 4.78 is 16.5. The summed E-state index contributed by atoms with van der Waals surface area (Å²) in [5, 5.41) is 0. The normalized spacial score (nSPS) is 25.9. The van der Waals surface area contributed by atoms with E-state index in [1.165, 1.54) is 7.11 Å². The Morgan fingerprint density at radius 2 is 2.15 bits per heavy atom. The lowest BCUT2D eigenvalue weighted by Gasteiger charge is -2.25. The van der Waals surface area contributed by atoms with Gasteiger partial charge in [0.25, 0.3) is 0 Å². The van der Waals surface area contributed by atoms with Crippen LogP contribution in [-0.4, -0.2) is 50.8 Å². The summed E-state index contributed by atoms with van der Waals surface area (Å²) in [5.41, 5.74) is 0.998. The Bertz CT molecular complexity index is 450. The van der Waals surface area contributed by atoms with Crippen LogP contribution in [0.4, 0.5) is 0 Å². The van der Waals surface area contributed by atoms with E-state index >= 15 is 0 Å². The maximum atomic E-state index is 11.2. The number of hydrogen-bond donors (Lipinski definition) is 0. The second-order valence-corrected chi connectivity index (χ2v) is 5.14. The first-order valence-electron chi connectivity index (χ1n) is 6.66. The molecule has 2 unspecified atom stereocenters. The summed E-state index contributed by atoms with van der Waals surface area (Å²) in [6, 6.07) is 9.86. The van der Waals surface area contributed by atoms with Gasteiger partial charge in [-0.1, -0.05) is 30.3 Å². The van der Waals surface area contributed by atoms with Crippen LogP contribution in [0.3, 0.4) is 0 Å². The van der Waals surface area contributed by atoms with Gasteiger partial charge in [0.2, 0.25) is 0 Å². The van der Waals surface area contributed by atoms with Gasteiger partial charge in [0.05, 0.1) is 26.4 Å². The predicted octanol–water partition coefficient (Wildman–Crippen LogP) is 1.38. The molecule has 1 aliphatic heterocycles. The number of hydrogen-bond acceptors (Lipinski definition) is 5. The number of ether oxygens (including phenoxy) is 3. The first kappa shape index (κ1) is 15.0. The molecule has 0 amide bonds. The monoisotopic (exact) mass is 279 g/mol. The minimum Gasteiger partial charge on any atom is -0.468 e. The van der Waals surface area contributed by atoms with Gasteiger partial charge >= 0.3 is 5.97 Å². The van der Waals surface area contributed by atoms with Crippen LogP contribution in [-0.2, 0) is 24.8 Å². The molecule has 1 heterocycles. The third kappa shape index (κ3) is 3.56. The Kier molecular flexibility index (Phi) is 4.75. The molecular weight excluding hydrogens is 258 g/mol. The molecule has 1 fully saturated rings. The molecule has 0 saturated carbocycles. The first-order chi connectivity index (χ1) is 9.53. The highest BCUT2D eigenvalue weighted by Gasteiger charge is 2.39. The van der Waals surface area contributed by atoms with Crippen molar-refractivity contribution in [1.82, 2.24) is 4.90 Å². The maximum Gasteiger partial charge on any atom is 0.319 e. The smallest absolute Gasteiger partial charge is 0.319 e. The van der Waals surface area contributed by atoms with E-state index in [0.717, 1.165) is 5.56 Å². The predicted molar refractivity (Wildman–Crippen MR) is 74.1 cm³/mol. The number of carbonyl (C=O) groups excluding carboxylic acids is 1. The third-order valence-electron chi connectivity index (χ3n) is 3.38. The highest BCUT2D eigenvalue weighted by atomic mass is 16.7. The van der Waals surface area contributed by atoms with E-state index in [1.807, 2.05) is 49.2 Å². The van der Waals surface area contributed by atoms with E-state index in [4.69, 9.17) is 9.47 Å². The molecule has 5 nitrogen and oxygen atoms in total. The molecule has 1 aromatic rings. The SMILES string of the molecule is COC(=O)CN(C)CC1COC(C)(c2ccccc2)O1. The molecule has 0 bridgehead atoms. The molecule has 0 spiro atoms. The lowest BCUT2D eigenvalue weighted by Crippen LogP contribution is -2.35. The second-order valence-electron chi connectivity index (χ2n) is 5.14. The third-order valence-corrected chi connectivity index (χ3v) is 3.38. The Balaban J connectivity index is 1.90. The van der Waals surface area contributed by atoms with Crippen molar-refractivity contribution in [1.29, 1.82) is 0 Å². The minimum absolute atomic E-state index is 0.0603. The number of likely N-dealkylation sites (N-methyl/N-ethyl adjacent to an activating group) is 1. The van der Waals surface area contributed by atoms with E-state index < -0.39 is 5.79 Å². The molecular formula is C15H21NO4. The van der Waals surface area contributed by atoms with Crippen LogP contribution < -0.4 is 0 Å². The van der Waals surface area contributed by atoms with Crippen molar-refractivity contribution in [3.8, 4) is 0 Å². The van der Waals surface area contributed by atoms with Crippen molar-refractivity contribution in [2.75, 3.05) is 33.9 Å². The number of esters is 1. The molecule has 0 aliphatic carbocycles. The van der Waals surface area contributed by atoms with Crippen molar-refractivity contribution in [2.45, 2.75) is 18.8 Å². The maximum absolute atomic E-state index is 11.2. The summed E-state index contributed by atoms with van der Waals surface area (Å²) in [7, 11) is 3.25. The lowest BCUT2D eigenvalue weighted by molar-refractivity contribution is -0.163. The molecule has 0 radical (unpaired) electrons. The second kappa shape index (κ2) is 6.35. The molecule has 20 heavy (non-hydrogen) atoms. The molecule has 5 heteroatoms. The summed E-state index contributed by atoms with van der Waals surface area (Å²) in [6.45, 7) is 3.30. The standard InChI is InChI=1S/C15H21NO4/c1-15(12-7-5-4-6-8-12)19-11-13(20-15)9-16(2)10-14(17)18-3/h4-8,13H,9-11H2,1-3H3. The van der Waals surface area contributed by atoms with Crippen molar-refractivity contribution >= 4 is 5.97 Å². The van der Waals surface area contributed by atoms with Crippen LogP contribution in [0, 0.1) is 0 Å². The molecule has 0 N–H and O–H groups in total. The molecule has 1 aliphatic rings. The van der Waals surface area contributed by atoms with E-state index in [2.05, 4.69) is 4.74 Å². The molecule has 0 aromatic heterocycles. The van der Waals surface area contributed by atoms with E-state index in [1.54, 1.807) is 0 Å². The van der Waals surface area contributed by atoms with Crippen LogP contribution in [0.1, 0.15) is 12.5 Å². The van der Waals surface area contributed by atoms with Gasteiger partial charge in [-0.15, -0.1) is 0 Å². The van der Waals surface area contributed by atoms with Gasteiger partial charge in [0, 0.05) is 12.1 Å². The number of benzene rings is 1. The largest absolute Gasteiger partial charge is 0.468 e. The number of nitrogens with zero attached hydrogens (tertiary/aromatic N) is 1. The first-order valence-corrected chi connectivity index (χ1v) is 6.66. The summed E-state index contributed by atoms with van der Waals surface area (Å²) in [6.07, 6.45) is -0.0603. The van der Waals surface area contributed by atoms with Crippen LogP contribution in [0.15, 0.2) is 30.3 Å². The van der Waals surface area contributed by atoms with Crippen LogP contribution in [0.25, 0.3) is 0 Å². The topological polar surface area (TPSA) is 48.0 Å². The van der Waals surface area contributed by atoms with Gasteiger partial charge in [0.1, 0.15) is 0 Å². The Morgan fingerprint density at radius 1 is 1.45 bits per heavy atom. The average molecular weight is 279 g/mol. The average Bonchev–Trinajstić information content (AvgIpc) is 2.82. The zero-order valence-electron chi connectivity index (χ0n) is 12.2. The Labute approximate surface area is 119 Å². The molecule has 1 aromatic carbocycles. The van der Waals surface area contributed by atoms with Crippen molar-refractivity contribution in [3.05, 3.63) is 35.9 Å². The van der Waals surface area contributed by atoms with Crippen molar-refractivity contribution in [3.63, 3.8) is 0 Å². The fourth-order valence-electron chi connectivity index (χ4n) is 2.32. The fraction of sp³-hybridized carbons (Fsp3) is 0.533. The molecule has 2 atom stereocenters. The highest BCUT2D eigenvalue weighted by Crippen LogP contribution is 2.33. The van der Waals surface area contributed by atoms with Crippen LogP contribution in [0.5, 0.6) is 0 Å². The van der Waals surface area contributed by atoms with E-state index in [0.29, 0.717) is 13.2 Å². The fourth-order valence-corrected chi connectivity index (χ4v) is 2.32. The highest BCUT2D eigenvalue weighted by molar-refractivity contribution is 5.71. The number of carbonyl (C=O) groups is 1. The quantitative estimate of drug-likeness (QED) is 0.762. The minimum atomic E-state index is -0.710. The Hall–Kier alpha value is -1.43. The van der Waals surface area contributed by atoms with Gasteiger partial charge in [-0.3, -0.25) is 9.69 Å². The number of methoxy groups -OCH3 is 1. The number of rotatable bonds is 5. The van der Waals surface area contributed by atoms with Crippen molar-refractivity contribution < 1.29 is 19.0 Å². The molecule has 110 valence electrons. The molecule has 2 rings (SSSR count). The van der Waals surface area contributed by atoms with Crippen LogP contribution in [0.2, 0.25) is 0 Å². The summed E-state index contributed by atoms with van der Waals surface area (Å²) >= 11 is 0. The zero-order chi connectivity index (χ0) is 14.6. The summed E-state index contributed by atoms with van der Waals surface area (Å²) in [5.74, 6) is -0.963. The van der Waals surface area contributed by atoms with Crippen molar-refractivity contribution in [2.24, 2.45) is 0 Å². The zero-order valence-corrected chi connectivity index (χ0v) is 12.2. The van der Waals surface area contributed by atoms with Gasteiger partial charge in [-0.25, -0.2) is 0 Å². The Morgan fingerprint density at radius 3 is 2.80 bits per heavy atom. The van der Waals surface area contributed by atoms with E-state index in [9.17, 15) is 4.79 Å². The van der Waals surface area contributed by atoms with Gasteiger partial charge in [-0.2, -0.15) is 0 Å². The van der Waals surface area contributed by atoms with Crippen LogP contribution >= 0.6 is 0 Å². The summed E-state index contributed by atoms with van der Waals surface area (Å²) in [4.78, 5) is 13.1. The van der Waals surface area contributed by atoms with E-state index in [-0.39, 0.29) is 18.6 Å². The van der Waals surface area contributed by atoms with Gasteiger partial charge in [-0.05, 0) is 14.0 Å². The van der Waals surface area contributed by atoms with Gasteiger partial charge < -0.3 is 14.2 Å². The molecule has 1 saturated heterocycles. The van der Waals surface area contributed by atoms with Gasteiger partial charge in [0.15, 0.2) is 5.79 Å².